The molecule has 0 bridgehead atoms. The van der Waals surface area contributed by atoms with Crippen LogP contribution in [-0.4, -0.2) is 36.9 Å². The van der Waals surface area contributed by atoms with Gasteiger partial charge in [-0.3, -0.25) is 9.59 Å². The monoisotopic (exact) mass is 371 g/mol. The minimum atomic E-state index is -0.511. The maximum absolute atomic E-state index is 12.4. The van der Waals surface area contributed by atoms with Crippen LogP contribution < -0.4 is 16.0 Å². The molecule has 26 heavy (non-hydrogen) atoms. The second-order valence-corrected chi connectivity index (χ2v) is 7.02. The Morgan fingerprint density at radius 2 is 1.77 bits per heavy atom. The number of carbonyl (C=O) groups excluding carboxylic acids is 2. The minimum absolute atomic E-state index is 0.00655. The van der Waals surface area contributed by atoms with Gasteiger partial charge in [-0.05, 0) is 48.3 Å². The molecule has 138 valence electrons. The Hall–Kier alpha value is -2.31. The second-order valence-electron chi connectivity index (χ2n) is 6.04. The quantitative estimate of drug-likeness (QED) is 0.748. The van der Waals surface area contributed by atoms with Crippen molar-refractivity contribution in [1.82, 2.24) is 0 Å². The number of hydrogen-bond acceptors (Lipinski definition) is 4. The molecular formula is C20H25N3O2S. The lowest BCUT2D eigenvalue weighted by Crippen LogP contribution is -2.36. The van der Waals surface area contributed by atoms with E-state index in [1.54, 1.807) is 35.8 Å². The summed E-state index contributed by atoms with van der Waals surface area (Å²) in [4.78, 5) is 26.1. The highest BCUT2D eigenvalue weighted by Crippen LogP contribution is 2.15. The van der Waals surface area contributed by atoms with Crippen molar-refractivity contribution in [1.29, 1.82) is 0 Å². The van der Waals surface area contributed by atoms with Gasteiger partial charge in [0.2, 0.25) is 11.8 Å². The molecule has 6 heteroatoms. The molecule has 2 aromatic rings. The summed E-state index contributed by atoms with van der Waals surface area (Å²) in [7, 11) is 1.77. The highest BCUT2D eigenvalue weighted by Gasteiger charge is 2.14. The zero-order valence-electron chi connectivity index (χ0n) is 15.1. The molecule has 1 atom stereocenters. The summed E-state index contributed by atoms with van der Waals surface area (Å²) >= 11 is 1.67. The van der Waals surface area contributed by atoms with Crippen molar-refractivity contribution in [2.75, 3.05) is 29.3 Å². The molecule has 0 unspecified atom stereocenters. The van der Waals surface area contributed by atoms with E-state index in [4.69, 9.17) is 5.73 Å². The summed E-state index contributed by atoms with van der Waals surface area (Å²) in [6, 6.07) is 16.3. The molecule has 0 spiro atoms. The normalized spacial score (nSPS) is 11.7. The molecule has 0 heterocycles. The maximum atomic E-state index is 12.4. The number of nitrogens with two attached hydrogens (primary N) is 1. The third-order valence-corrected chi connectivity index (χ3v) is 4.71. The summed E-state index contributed by atoms with van der Waals surface area (Å²) < 4.78 is 0. The minimum Gasteiger partial charge on any atom is -0.325 e. The highest BCUT2D eigenvalue weighted by molar-refractivity contribution is 7.98. The first-order valence-electron chi connectivity index (χ1n) is 8.47. The number of nitrogens with one attached hydrogen (secondary N) is 1. The first-order chi connectivity index (χ1) is 12.5. The van der Waals surface area contributed by atoms with Crippen LogP contribution >= 0.6 is 11.8 Å². The lowest BCUT2D eigenvalue weighted by molar-refractivity contribution is -0.118. The predicted molar refractivity (Wildman–Crippen MR) is 110 cm³/mol. The fourth-order valence-electron chi connectivity index (χ4n) is 2.41. The van der Waals surface area contributed by atoms with Crippen LogP contribution in [0.4, 0.5) is 11.4 Å². The van der Waals surface area contributed by atoms with Gasteiger partial charge in [0.05, 0.1) is 12.5 Å². The molecule has 0 saturated carbocycles. The molecule has 3 N–H and O–H groups in total. The standard InChI is InChI=1S/C20H25N3O2S/c1-23(17-6-4-3-5-7-17)19(24)14-15-8-10-16(11-9-15)22-20(25)18(21)12-13-26-2/h3-11,18H,12-14,21H2,1-2H3,(H,22,25)/t18-/m0/s1. The lowest BCUT2D eigenvalue weighted by atomic mass is 10.1. The van der Waals surface area contributed by atoms with E-state index in [1.165, 1.54) is 0 Å². The molecule has 2 aromatic carbocycles. The lowest BCUT2D eigenvalue weighted by Gasteiger charge is -2.17. The van der Waals surface area contributed by atoms with Gasteiger partial charge in [-0.2, -0.15) is 11.8 Å². The van der Waals surface area contributed by atoms with Crippen LogP contribution in [0.1, 0.15) is 12.0 Å². The number of thioether (sulfide) groups is 1. The van der Waals surface area contributed by atoms with Crippen LogP contribution in [0.15, 0.2) is 54.6 Å². The average Bonchev–Trinajstić information content (AvgIpc) is 2.67. The van der Waals surface area contributed by atoms with Crippen molar-refractivity contribution in [3.63, 3.8) is 0 Å². The van der Waals surface area contributed by atoms with E-state index < -0.39 is 6.04 Å². The molecule has 0 aliphatic carbocycles. The van der Waals surface area contributed by atoms with Gasteiger partial charge < -0.3 is 16.0 Å². The molecule has 0 aromatic heterocycles. The van der Waals surface area contributed by atoms with E-state index in [-0.39, 0.29) is 11.8 Å². The molecule has 0 radical (unpaired) electrons. The maximum Gasteiger partial charge on any atom is 0.241 e. The smallest absolute Gasteiger partial charge is 0.241 e. The van der Waals surface area contributed by atoms with Crippen LogP contribution in [0.5, 0.6) is 0 Å². The number of nitrogens with zero attached hydrogens (tertiary/aromatic N) is 1. The zero-order valence-corrected chi connectivity index (χ0v) is 16.0. The summed E-state index contributed by atoms with van der Waals surface area (Å²) in [5, 5.41) is 2.81. The molecule has 0 aliphatic rings. The topological polar surface area (TPSA) is 75.4 Å². The Bertz CT molecular complexity index is 720. The number of rotatable bonds is 8. The number of anilines is 2. The molecular weight excluding hydrogens is 346 g/mol. The molecule has 0 saturated heterocycles. The largest absolute Gasteiger partial charge is 0.325 e. The van der Waals surface area contributed by atoms with Crippen molar-refractivity contribution < 1.29 is 9.59 Å². The van der Waals surface area contributed by atoms with Crippen molar-refractivity contribution in [2.24, 2.45) is 5.73 Å². The molecule has 2 rings (SSSR count). The fraction of sp³-hybridized carbons (Fsp3) is 0.300. The van der Waals surface area contributed by atoms with Crippen LogP contribution in [0.3, 0.4) is 0 Å². The van der Waals surface area contributed by atoms with Crippen LogP contribution in [0.25, 0.3) is 0 Å². The van der Waals surface area contributed by atoms with E-state index >= 15 is 0 Å². The van der Waals surface area contributed by atoms with Crippen molar-refractivity contribution in [3.05, 3.63) is 60.2 Å². The number of hydrogen-bond donors (Lipinski definition) is 2. The predicted octanol–water partition coefficient (Wildman–Crippen LogP) is 2.91. The van der Waals surface area contributed by atoms with E-state index in [2.05, 4.69) is 5.32 Å². The Labute approximate surface area is 159 Å². The summed E-state index contributed by atoms with van der Waals surface area (Å²) in [5.74, 6) is 0.670. The third kappa shape index (κ3) is 5.89. The van der Waals surface area contributed by atoms with Crippen molar-refractivity contribution in [3.8, 4) is 0 Å². The molecule has 0 fully saturated rings. The van der Waals surface area contributed by atoms with Crippen LogP contribution in [0.2, 0.25) is 0 Å². The number of amides is 2. The first-order valence-corrected chi connectivity index (χ1v) is 9.86. The number of likely N-dealkylation sites (N-methyl/N-ethyl adjacent to an activating group) is 1. The van der Waals surface area contributed by atoms with Crippen molar-refractivity contribution >= 4 is 35.0 Å². The first kappa shape index (κ1) is 20.0. The van der Waals surface area contributed by atoms with Gasteiger partial charge in [0, 0.05) is 18.4 Å². The van der Waals surface area contributed by atoms with Gasteiger partial charge in [0.15, 0.2) is 0 Å². The van der Waals surface area contributed by atoms with Crippen molar-refractivity contribution in [2.45, 2.75) is 18.9 Å². The Morgan fingerprint density at radius 3 is 2.38 bits per heavy atom. The van der Waals surface area contributed by atoms with Crippen LogP contribution in [-0.2, 0) is 16.0 Å². The summed E-state index contributed by atoms with van der Waals surface area (Å²) in [6.45, 7) is 0. The van der Waals surface area contributed by atoms with Gasteiger partial charge in [0.1, 0.15) is 0 Å². The van der Waals surface area contributed by atoms with E-state index in [0.29, 0.717) is 18.5 Å². The van der Waals surface area contributed by atoms with Gasteiger partial charge >= 0.3 is 0 Å². The van der Waals surface area contributed by atoms with Gasteiger partial charge in [0.25, 0.3) is 0 Å². The Kier molecular flexibility index (Phi) is 7.69. The van der Waals surface area contributed by atoms with E-state index in [1.807, 2.05) is 48.7 Å². The average molecular weight is 372 g/mol. The highest BCUT2D eigenvalue weighted by atomic mass is 32.2. The Morgan fingerprint density at radius 1 is 1.12 bits per heavy atom. The number of carbonyl (C=O) groups is 2. The SMILES string of the molecule is CSCC[C@H](N)C(=O)Nc1ccc(CC(=O)N(C)c2ccccc2)cc1. The Balaban J connectivity index is 1.91. The second kappa shape index (κ2) is 9.99. The number of para-hydroxylation sites is 1. The van der Waals surface area contributed by atoms with E-state index in [0.717, 1.165) is 17.0 Å². The van der Waals surface area contributed by atoms with Gasteiger partial charge in [-0.25, -0.2) is 0 Å². The summed E-state index contributed by atoms with van der Waals surface area (Å²) in [5.41, 5.74) is 8.30. The van der Waals surface area contributed by atoms with Crippen LogP contribution in [0, 0.1) is 0 Å². The molecule has 0 aliphatic heterocycles. The third-order valence-electron chi connectivity index (χ3n) is 4.06. The number of benzene rings is 2. The summed E-state index contributed by atoms with van der Waals surface area (Å²) in [6.07, 6.45) is 2.93. The fourth-order valence-corrected chi connectivity index (χ4v) is 2.90. The molecule has 5 nitrogen and oxygen atoms in total. The zero-order chi connectivity index (χ0) is 18.9. The van der Waals surface area contributed by atoms with E-state index in [9.17, 15) is 9.59 Å². The molecule has 2 amide bonds. The van der Waals surface area contributed by atoms with Gasteiger partial charge in [-0.15, -0.1) is 0 Å². The van der Waals surface area contributed by atoms with Gasteiger partial charge in [-0.1, -0.05) is 30.3 Å².